The van der Waals surface area contributed by atoms with Crippen molar-refractivity contribution in [3.05, 3.63) is 35.9 Å². The van der Waals surface area contributed by atoms with E-state index >= 15 is 0 Å². The Morgan fingerprint density at radius 3 is 1.82 bits per heavy atom. The molecule has 2 nitrogen and oxygen atoms in total. The van der Waals surface area contributed by atoms with E-state index in [1.807, 2.05) is 18.2 Å². The lowest BCUT2D eigenvalue weighted by atomic mass is 10.2. The normalized spacial score (nSPS) is 8.18. The van der Waals surface area contributed by atoms with Gasteiger partial charge in [-0.3, -0.25) is 4.57 Å². The van der Waals surface area contributed by atoms with Crippen molar-refractivity contribution >= 4 is 8.69 Å². The second kappa shape index (κ2) is 9.41. The minimum Gasteiger partial charge on any atom is -0.348 e. The smallest absolute Gasteiger partial charge is 0.177 e. The maximum Gasteiger partial charge on any atom is 0.177 e. The van der Waals surface area contributed by atoms with Crippen molar-refractivity contribution in [3.63, 3.8) is 0 Å². The minimum atomic E-state index is -1.50. The predicted octanol–water partition coefficient (Wildman–Crippen LogP) is 2.28. The summed E-state index contributed by atoms with van der Waals surface area (Å²) in [4.78, 5) is 7.10. The van der Waals surface area contributed by atoms with Crippen molar-refractivity contribution in [2.75, 3.05) is 0 Å². The summed E-state index contributed by atoms with van der Waals surface area (Å²) in [6, 6.07) is 10.3. The van der Waals surface area contributed by atoms with E-state index in [1.54, 1.807) is 0 Å². The highest BCUT2D eigenvalue weighted by Crippen LogP contribution is 1.92. The van der Waals surface area contributed by atoms with Crippen LogP contribution in [0.2, 0.25) is 0 Å². The van der Waals surface area contributed by atoms with E-state index in [9.17, 15) is 0 Å². The third kappa shape index (κ3) is 9.41. The number of aryl methyl sites for hydroxylation is 1. The molecule has 0 saturated carbocycles. The van der Waals surface area contributed by atoms with Gasteiger partial charge in [0.05, 0.1) is 0 Å². The van der Waals surface area contributed by atoms with Crippen molar-refractivity contribution in [1.29, 1.82) is 0 Å². The summed E-state index contributed by atoms with van der Waals surface area (Å²) >= 11 is 0. The van der Waals surface area contributed by atoms with Crippen LogP contribution in [0.25, 0.3) is 0 Å². The lowest BCUT2D eigenvalue weighted by molar-refractivity contribution is 0.524. The summed E-state index contributed by atoms with van der Waals surface area (Å²) in [5.41, 5.74) is 1.32. The van der Waals surface area contributed by atoms with E-state index in [0.29, 0.717) is 0 Å². The standard InChI is InChI=1S/C7H8.CH4.H3O2P/c1-7-5-3-2-4-6-7;;1-3-2/h2-6H,1H3;1H4;3H2,(H,1,2). The molecule has 0 amide bonds. The molecule has 0 aliphatic rings. The SMILES string of the molecule is C.Cc1ccccc1.O=[PH2]O. The first kappa shape index (κ1) is 13.0. The third-order valence-corrected chi connectivity index (χ3v) is 0.940. The Morgan fingerprint density at radius 1 is 1.27 bits per heavy atom. The van der Waals surface area contributed by atoms with Gasteiger partial charge in [0.1, 0.15) is 0 Å². The van der Waals surface area contributed by atoms with Crippen LogP contribution in [0, 0.1) is 6.92 Å². The zero-order valence-electron chi connectivity index (χ0n) is 5.82. The Balaban J connectivity index is 0. The molecule has 0 aliphatic carbocycles. The van der Waals surface area contributed by atoms with Crippen molar-refractivity contribution in [2.24, 2.45) is 0 Å². The molecule has 0 bridgehead atoms. The first-order valence-electron chi connectivity index (χ1n) is 2.90. The fraction of sp³-hybridized carbons (Fsp3) is 0.250. The Labute approximate surface area is 69.2 Å². The molecule has 64 valence electrons. The van der Waals surface area contributed by atoms with Gasteiger partial charge in [-0.15, -0.1) is 0 Å². The highest BCUT2D eigenvalue weighted by Gasteiger charge is 1.72. The molecule has 0 aromatic heterocycles. The summed E-state index contributed by atoms with van der Waals surface area (Å²) in [6.45, 7) is 2.08. The van der Waals surface area contributed by atoms with Gasteiger partial charge in [0, 0.05) is 0 Å². The Morgan fingerprint density at radius 2 is 1.64 bits per heavy atom. The molecule has 0 fully saturated rings. The van der Waals surface area contributed by atoms with Crippen LogP contribution in [0.3, 0.4) is 0 Å². The van der Waals surface area contributed by atoms with Crippen LogP contribution in [0.15, 0.2) is 30.3 Å². The summed E-state index contributed by atoms with van der Waals surface area (Å²) < 4.78 is 8.57. The largest absolute Gasteiger partial charge is 0.348 e. The maximum atomic E-state index is 8.57. The molecule has 11 heavy (non-hydrogen) atoms. The lowest BCUT2D eigenvalue weighted by Crippen LogP contribution is -1.62. The van der Waals surface area contributed by atoms with Crippen molar-refractivity contribution in [1.82, 2.24) is 0 Å². The second-order valence-electron chi connectivity index (χ2n) is 1.76. The molecule has 1 aromatic rings. The number of benzene rings is 1. The Bertz CT molecular complexity index is 175. The van der Waals surface area contributed by atoms with Gasteiger partial charge in [-0.05, 0) is 6.92 Å². The molecule has 1 N–H and O–H groups in total. The molecule has 1 unspecified atom stereocenters. The first-order valence-corrected chi connectivity index (χ1v) is 3.89. The average molecular weight is 174 g/mol. The van der Waals surface area contributed by atoms with E-state index in [-0.39, 0.29) is 7.43 Å². The fourth-order valence-electron chi connectivity index (χ4n) is 0.534. The van der Waals surface area contributed by atoms with Gasteiger partial charge < -0.3 is 4.89 Å². The van der Waals surface area contributed by atoms with Gasteiger partial charge in [-0.25, -0.2) is 0 Å². The fourth-order valence-corrected chi connectivity index (χ4v) is 0.534. The number of hydrogen-bond donors (Lipinski definition) is 1. The molecule has 0 spiro atoms. The topological polar surface area (TPSA) is 37.3 Å². The minimum absolute atomic E-state index is 0. The lowest BCUT2D eigenvalue weighted by Gasteiger charge is -1.82. The zero-order chi connectivity index (χ0) is 7.82. The second-order valence-corrected chi connectivity index (χ2v) is 1.97. The first-order chi connectivity index (χ1) is 4.81. The van der Waals surface area contributed by atoms with E-state index in [2.05, 4.69) is 19.1 Å². The van der Waals surface area contributed by atoms with Crippen LogP contribution in [-0.4, -0.2) is 4.89 Å². The van der Waals surface area contributed by atoms with Gasteiger partial charge >= 0.3 is 0 Å². The van der Waals surface area contributed by atoms with E-state index < -0.39 is 8.69 Å². The molecular formula is C8H15O2P. The zero-order valence-corrected chi connectivity index (χ0v) is 6.97. The third-order valence-electron chi connectivity index (χ3n) is 0.940. The molecule has 1 atom stereocenters. The molecule has 1 aromatic carbocycles. The van der Waals surface area contributed by atoms with E-state index in [1.165, 1.54) is 5.56 Å². The van der Waals surface area contributed by atoms with Crippen LogP contribution in [0.1, 0.15) is 13.0 Å². The molecule has 1 rings (SSSR count). The number of hydrogen-bond acceptors (Lipinski definition) is 1. The van der Waals surface area contributed by atoms with E-state index in [4.69, 9.17) is 9.46 Å². The molecule has 0 saturated heterocycles. The average Bonchev–Trinajstić information content (AvgIpc) is 1.91. The van der Waals surface area contributed by atoms with Crippen molar-refractivity contribution in [2.45, 2.75) is 14.4 Å². The van der Waals surface area contributed by atoms with E-state index in [0.717, 1.165) is 0 Å². The predicted molar refractivity (Wildman–Crippen MR) is 50.5 cm³/mol. The van der Waals surface area contributed by atoms with Crippen LogP contribution < -0.4 is 0 Å². The van der Waals surface area contributed by atoms with Gasteiger partial charge in [0.2, 0.25) is 0 Å². The van der Waals surface area contributed by atoms with Crippen LogP contribution in [0.4, 0.5) is 0 Å². The summed E-state index contributed by atoms with van der Waals surface area (Å²) in [6.07, 6.45) is 0. The molecule has 3 heteroatoms. The number of rotatable bonds is 0. The van der Waals surface area contributed by atoms with Crippen molar-refractivity contribution in [3.8, 4) is 0 Å². The monoisotopic (exact) mass is 174 g/mol. The molecule has 0 aliphatic heterocycles. The summed E-state index contributed by atoms with van der Waals surface area (Å²) in [7, 11) is -1.50. The highest BCUT2D eigenvalue weighted by atomic mass is 31.1. The quantitative estimate of drug-likeness (QED) is 0.612. The molecular weight excluding hydrogens is 159 g/mol. The van der Waals surface area contributed by atoms with Crippen LogP contribution in [0.5, 0.6) is 0 Å². The molecule has 0 heterocycles. The summed E-state index contributed by atoms with van der Waals surface area (Å²) in [5.74, 6) is 0. The Kier molecular flexibility index (Phi) is 11.1. The van der Waals surface area contributed by atoms with Crippen molar-refractivity contribution < 1.29 is 9.46 Å². The highest BCUT2D eigenvalue weighted by molar-refractivity contribution is 7.16. The van der Waals surface area contributed by atoms with Gasteiger partial charge in [-0.1, -0.05) is 43.3 Å². The molecule has 0 radical (unpaired) electrons. The van der Waals surface area contributed by atoms with Gasteiger partial charge in [0.15, 0.2) is 8.69 Å². The van der Waals surface area contributed by atoms with Crippen LogP contribution >= 0.6 is 8.69 Å². The Hall–Kier alpha value is -0.590. The maximum absolute atomic E-state index is 8.57. The van der Waals surface area contributed by atoms with Gasteiger partial charge in [-0.2, -0.15) is 0 Å². The van der Waals surface area contributed by atoms with Gasteiger partial charge in [0.25, 0.3) is 0 Å². The van der Waals surface area contributed by atoms with Crippen LogP contribution in [-0.2, 0) is 4.57 Å². The summed E-state index contributed by atoms with van der Waals surface area (Å²) in [5, 5.41) is 0.